The fourth-order valence-corrected chi connectivity index (χ4v) is 1.74. The number of aryl methyl sites for hydroxylation is 1. The van der Waals surface area contributed by atoms with Gasteiger partial charge in [0.15, 0.2) is 0 Å². The fraction of sp³-hybridized carbons (Fsp3) is 0.214. The number of aromatic nitrogens is 2. The zero-order chi connectivity index (χ0) is 11.4. The van der Waals surface area contributed by atoms with Crippen molar-refractivity contribution in [3.8, 4) is 0 Å². The molecule has 0 fully saturated rings. The molecule has 0 aliphatic carbocycles. The van der Waals surface area contributed by atoms with E-state index in [0.717, 1.165) is 23.1 Å². The summed E-state index contributed by atoms with van der Waals surface area (Å²) >= 11 is 0. The van der Waals surface area contributed by atoms with Crippen molar-refractivity contribution in [2.45, 2.75) is 20.3 Å². The Hall–Kier alpha value is -1.83. The van der Waals surface area contributed by atoms with Crippen molar-refractivity contribution < 1.29 is 0 Å². The highest BCUT2D eigenvalue weighted by atomic mass is 14.8. The maximum absolute atomic E-state index is 4.39. The van der Waals surface area contributed by atoms with E-state index >= 15 is 0 Å². The number of hydrogen-bond donors (Lipinski definition) is 1. The fourth-order valence-electron chi connectivity index (χ4n) is 1.74. The molecule has 0 amide bonds. The monoisotopic (exact) mass is 212 g/mol. The summed E-state index contributed by atoms with van der Waals surface area (Å²) in [7, 11) is 0. The number of pyridine rings is 1. The largest absolute Gasteiger partial charge is 0.357 e. The van der Waals surface area contributed by atoms with Crippen LogP contribution in [0.1, 0.15) is 24.6 Å². The second kappa shape index (κ2) is 4.79. The summed E-state index contributed by atoms with van der Waals surface area (Å²) < 4.78 is 0. The lowest BCUT2D eigenvalue weighted by Gasteiger charge is -1.90. The summed E-state index contributed by atoms with van der Waals surface area (Å²) in [6.45, 7) is 4.20. The first-order valence-electron chi connectivity index (χ1n) is 5.59. The van der Waals surface area contributed by atoms with Gasteiger partial charge in [0.25, 0.3) is 0 Å². The topological polar surface area (TPSA) is 28.7 Å². The zero-order valence-electron chi connectivity index (χ0n) is 9.70. The molecule has 0 atom stereocenters. The van der Waals surface area contributed by atoms with E-state index in [0.29, 0.717) is 0 Å². The average Bonchev–Trinajstić information content (AvgIpc) is 2.61. The van der Waals surface area contributed by atoms with Crippen LogP contribution in [0.3, 0.4) is 0 Å². The molecule has 0 aromatic carbocycles. The van der Waals surface area contributed by atoms with Gasteiger partial charge in [0.1, 0.15) is 0 Å². The van der Waals surface area contributed by atoms with E-state index in [1.807, 2.05) is 12.3 Å². The van der Waals surface area contributed by atoms with Crippen LogP contribution >= 0.6 is 0 Å². The number of hydrogen-bond acceptors (Lipinski definition) is 1. The molecule has 2 aromatic heterocycles. The number of fused-ring (bicyclic) bond motifs is 1. The number of rotatable bonds is 3. The third-order valence-electron chi connectivity index (χ3n) is 2.53. The first kappa shape index (κ1) is 10.7. The molecule has 0 aliphatic heterocycles. The molecule has 0 radical (unpaired) electrons. The van der Waals surface area contributed by atoms with Gasteiger partial charge in [0.05, 0.1) is 11.0 Å². The molecule has 82 valence electrons. The Kier molecular flexibility index (Phi) is 3.20. The van der Waals surface area contributed by atoms with Crippen LogP contribution in [0, 0.1) is 6.92 Å². The molecule has 2 heterocycles. The second-order valence-corrected chi connectivity index (χ2v) is 3.76. The van der Waals surface area contributed by atoms with Gasteiger partial charge >= 0.3 is 0 Å². The standard InChI is InChI=1S/C14H16N2/c1-3-4-5-6-8-12-11(2)16-13-9-7-10-15-14(12)13/h4-10,16H,3H2,1-2H3/b5-4+,8-6-. The number of allylic oxidation sites excluding steroid dienone is 3. The van der Waals surface area contributed by atoms with Crippen LogP contribution in [0.15, 0.2) is 36.6 Å². The van der Waals surface area contributed by atoms with Crippen LogP contribution in [0.4, 0.5) is 0 Å². The molecule has 0 saturated carbocycles. The quantitative estimate of drug-likeness (QED) is 0.769. The smallest absolute Gasteiger partial charge is 0.0953 e. The van der Waals surface area contributed by atoms with Gasteiger partial charge in [-0.15, -0.1) is 0 Å². The summed E-state index contributed by atoms with van der Waals surface area (Å²) in [6.07, 6.45) is 11.3. The minimum atomic E-state index is 1.04. The van der Waals surface area contributed by atoms with Crippen LogP contribution < -0.4 is 0 Å². The van der Waals surface area contributed by atoms with Gasteiger partial charge in [-0.1, -0.05) is 31.2 Å². The van der Waals surface area contributed by atoms with E-state index < -0.39 is 0 Å². The Morgan fingerprint density at radius 2 is 2.25 bits per heavy atom. The molecule has 0 bridgehead atoms. The van der Waals surface area contributed by atoms with Crippen LogP contribution in [0.2, 0.25) is 0 Å². The molecule has 0 saturated heterocycles. The van der Waals surface area contributed by atoms with E-state index in [4.69, 9.17) is 0 Å². The Bertz CT molecular complexity index is 533. The highest BCUT2D eigenvalue weighted by Crippen LogP contribution is 2.20. The highest BCUT2D eigenvalue weighted by Gasteiger charge is 2.04. The third kappa shape index (κ3) is 2.06. The van der Waals surface area contributed by atoms with E-state index in [2.05, 4.69) is 54.2 Å². The molecular weight excluding hydrogens is 196 g/mol. The van der Waals surface area contributed by atoms with Crippen molar-refractivity contribution in [2.75, 3.05) is 0 Å². The van der Waals surface area contributed by atoms with Gasteiger partial charge in [-0.2, -0.15) is 0 Å². The first-order valence-corrected chi connectivity index (χ1v) is 5.59. The van der Waals surface area contributed by atoms with Crippen LogP contribution in [0.5, 0.6) is 0 Å². The van der Waals surface area contributed by atoms with Crippen LogP contribution in [-0.4, -0.2) is 9.97 Å². The van der Waals surface area contributed by atoms with Gasteiger partial charge in [0, 0.05) is 17.5 Å². The third-order valence-corrected chi connectivity index (χ3v) is 2.53. The summed E-state index contributed by atoms with van der Waals surface area (Å²) in [5.74, 6) is 0. The lowest BCUT2D eigenvalue weighted by molar-refractivity contribution is 1.22. The molecule has 0 aliphatic rings. The predicted molar refractivity (Wildman–Crippen MR) is 69.3 cm³/mol. The first-order chi connectivity index (χ1) is 7.83. The summed E-state index contributed by atoms with van der Waals surface area (Å²) in [5, 5.41) is 0. The van der Waals surface area contributed by atoms with Crippen LogP contribution in [-0.2, 0) is 0 Å². The van der Waals surface area contributed by atoms with Crippen molar-refractivity contribution >= 4 is 17.1 Å². The Labute approximate surface area is 95.7 Å². The molecule has 0 spiro atoms. The van der Waals surface area contributed by atoms with Gasteiger partial charge in [0.2, 0.25) is 0 Å². The SMILES string of the molecule is CC/C=C/C=C\c1c(C)[nH]c2cccnc12. The maximum Gasteiger partial charge on any atom is 0.0953 e. The normalized spacial score (nSPS) is 12.1. The zero-order valence-corrected chi connectivity index (χ0v) is 9.70. The molecule has 16 heavy (non-hydrogen) atoms. The number of H-pyrrole nitrogens is 1. The van der Waals surface area contributed by atoms with Crippen molar-refractivity contribution in [2.24, 2.45) is 0 Å². The summed E-state index contributed by atoms with van der Waals surface area (Å²) in [6, 6.07) is 4.00. The van der Waals surface area contributed by atoms with Crippen molar-refractivity contribution in [3.63, 3.8) is 0 Å². The predicted octanol–water partition coefficient (Wildman–Crippen LogP) is 3.85. The average molecular weight is 212 g/mol. The summed E-state index contributed by atoms with van der Waals surface area (Å²) in [4.78, 5) is 7.72. The van der Waals surface area contributed by atoms with Crippen molar-refractivity contribution in [1.82, 2.24) is 9.97 Å². The molecule has 1 N–H and O–H groups in total. The minimum absolute atomic E-state index is 1.04. The Morgan fingerprint density at radius 1 is 1.38 bits per heavy atom. The molecule has 2 aromatic rings. The van der Waals surface area contributed by atoms with Crippen molar-refractivity contribution in [1.29, 1.82) is 0 Å². The Morgan fingerprint density at radius 3 is 3.06 bits per heavy atom. The van der Waals surface area contributed by atoms with E-state index in [1.54, 1.807) is 0 Å². The molecule has 2 heteroatoms. The lowest BCUT2D eigenvalue weighted by Crippen LogP contribution is -1.76. The second-order valence-electron chi connectivity index (χ2n) is 3.76. The van der Waals surface area contributed by atoms with E-state index in [1.165, 1.54) is 5.56 Å². The number of aromatic amines is 1. The van der Waals surface area contributed by atoms with E-state index in [9.17, 15) is 0 Å². The van der Waals surface area contributed by atoms with E-state index in [-0.39, 0.29) is 0 Å². The molecule has 2 nitrogen and oxygen atoms in total. The summed E-state index contributed by atoms with van der Waals surface area (Å²) in [5.41, 5.74) is 4.48. The lowest BCUT2D eigenvalue weighted by atomic mass is 10.2. The Balaban J connectivity index is 2.40. The van der Waals surface area contributed by atoms with Gasteiger partial charge in [-0.3, -0.25) is 4.98 Å². The van der Waals surface area contributed by atoms with Crippen molar-refractivity contribution in [3.05, 3.63) is 47.8 Å². The number of nitrogens with zero attached hydrogens (tertiary/aromatic N) is 1. The minimum Gasteiger partial charge on any atom is -0.357 e. The van der Waals surface area contributed by atoms with Gasteiger partial charge < -0.3 is 4.98 Å². The van der Waals surface area contributed by atoms with Gasteiger partial charge in [-0.05, 0) is 25.5 Å². The highest BCUT2D eigenvalue weighted by molar-refractivity contribution is 5.86. The maximum atomic E-state index is 4.39. The molecular formula is C14H16N2. The molecule has 0 unspecified atom stereocenters. The number of nitrogens with one attached hydrogen (secondary N) is 1. The van der Waals surface area contributed by atoms with Crippen LogP contribution in [0.25, 0.3) is 17.1 Å². The van der Waals surface area contributed by atoms with Gasteiger partial charge in [-0.25, -0.2) is 0 Å². The molecule has 2 rings (SSSR count).